The molecule has 6 nitrogen and oxygen atoms in total. The summed E-state index contributed by atoms with van der Waals surface area (Å²) in [6.07, 6.45) is 0.507. The van der Waals surface area contributed by atoms with Crippen LogP contribution in [0.3, 0.4) is 0 Å². The highest BCUT2D eigenvalue weighted by Gasteiger charge is 2.17. The Bertz CT molecular complexity index is 512. The zero-order chi connectivity index (χ0) is 13.6. The van der Waals surface area contributed by atoms with Crippen LogP contribution in [-0.2, 0) is 19.5 Å². The van der Waals surface area contributed by atoms with Gasteiger partial charge in [0.2, 0.25) is 0 Å². The average molecular weight is 273 g/mol. The van der Waals surface area contributed by atoms with Crippen LogP contribution >= 0.6 is 0 Å². The molecule has 100 valence electrons. The second-order valence-corrected chi connectivity index (χ2v) is 5.68. The van der Waals surface area contributed by atoms with Gasteiger partial charge in [-0.2, -0.15) is 0 Å². The molecule has 0 aliphatic rings. The lowest BCUT2D eigenvalue weighted by atomic mass is 10.3. The van der Waals surface area contributed by atoms with Crippen LogP contribution in [0.25, 0.3) is 0 Å². The molecule has 2 N–H and O–H groups in total. The molecule has 0 aliphatic carbocycles. The first-order valence-electron chi connectivity index (χ1n) is 5.38. The van der Waals surface area contributed by atoms with Crippen LogP contribution in [0.15, 0.2) is 29.2 Å². The maximum atomic E-state index is 11.9. The maximum absolute atomic E-state index is 11.9. The Balaban J connectivity index is 2.89. The molecule has 0 bridgehead atoms. The van der Waals surface area contributed by atoms with E-state index in [2.05, 4.69) is 10.3 Å². The molecule has 1 aromatic carbocycles. The molecule has 0 aliphatic heterocycles. The Kier molecular flexibility index (Phi) is 5.11. The van der Waals surface area contributed by atoms with E-state index < -0.39 is 22.4 Å². The average Bonchev–Trinajstić information content (AvgIpc) is 2.29. The summed E-state index contributed by atoms with van der Waals surface area (Å²) in [5.74, 6) is -1.11. The van der Waals surface area contributed by atoms with Crippen LogP contribution in [0.1, 0.15) is 13.3 Å². The van der Waals surface area contributed by atoms with Crippen molar-refractivity contribution in [2.45, 2.75) is 18.2 Å². The van der Waals surface area contributed by atoms with Crippen molar-refractivity contribution in [1.82, 2.24) is 0 Å². The highest BCUT2D eigenvalue weighted by molar-refractivity contribution is 7.91. The third-order valence-corrected chi connectivity index (χ3v) is 4.04. The van der Waals surface area contributed by atoms with Gasteiger partial charge in [0.15, 0.2) is 16.4 Å². The Morgan fingerprint density at radius 2 is 2.06 bits per heavy atom. The first-order valence-corrected chi connectivity index (χ1v) is 7.04. The molecule has 1 aromatic rings. The summed E-state index contributed by atoms with van der Waals surface area (Å²) >= 11 is 0. The molecular formula is C11H15NO5S. The monoisotopic (exact) mass is 273 g/mol. The lowest BCUT2D eigenvalue weighted by Gasteiger charge is -2.11. The van der Waals surface area contributed by atoms with Crippen LogP contribution in [0.5, 0.6) is 0 Å². The van der Waals surface area contributed by atoms with Gasteiger partial charge in [-0.25, -0.2) is 13.2 Å². The van der Waals surface area contributed by atoms with E-state index in [0.717, 1.165) is 0 Å². The predicted octanol–water partition coefficient (Wildman–Crippen LogP) is 1.30. The number of hydrogen-bond donors (Lipinski definition) is 2. The van der Waals surface area contributed by atoms with Crippen LogP contribution in [0, 0.1) is 0 Å². The summed E-state index contributed by atoms with van der Waals surface area (Å²) in [6, 6.07) is 6.21. The van der Waals surface area contributed by atoms with Crippen LogP contribution in [-0.4, -0.2) is 31.9 Å². The van der Waals surface area contributed by atoms with E-state index in [1.807, 2.05) is 0 Å². The van der Waals surface area contributed by atoms with Crippen molar-refractivity contribution in [2.75, 3.05) is 17.8 Å². The summed E-state index contributed by atoms with van der Waals surface area (Å²) < 4.78 is 23.9. The van der Waals surface area contributed by atoms with Gasteiger partial charge in [0.05, 0.1) is 16.3 Å². The number of carboxylic acid groups (broad SMARTS) is 1. The topological polar surface area (TPSA) is 92.7 Å². The molecule has 0 unspecified atom stereocenters. The molecule has 7 heteroatoms. The number of aliphatic carboxylic acids is 1. The number of nitrogens with one attached hydrogen (secondary N) is 1. The van der Waals surface area contributed by atoms with E-state index in [-0.39, 0.29) is 16.3 Å². The molecule has 0 atom stereocenters. The highest BCUT2D eigenvalue weighted by atomic mass is 32.2. The van der Waals surface area contributed by atoms with Crippen LogP contribution < -0.4 is 5.48 Å². The van der Waals surface area contributed by atoms with Crippen molar-refractivity contribution in [1.29, 1.82) is 0 Å². The fourth-order valence-electron chi connectivity index (χ4n) is 1.38. The number of sulfone groups is 1. The normalized spacial score (nSPS) is 11.2. The molecule has 1 rings (SSSR count). The first kappa shape index (κ1) is 14.5. The van der Waals surface area contributed by atoms with E-state index in [4.69, 9.17) is 5.11 Å². The molecule has 0 fully saturated rings. The summed E-state index contributed by atoms with van der Waals surface area (Å²) in [6.45, 7) is 1.22. The van der Waals surface area contributed by atoms with Gasteiger partial charge in [-0.3, -0.25) is 10.3 Å². The molecule has 0 radical (unpaired) electrons. The quantitative estimate of drug-likeness (QED) is 0.727. The number of carbonyl (C=O) groups is 1. The minimum Gasteiger partial charge on any atom is -0.479 e. The molecular weight excluding hydrogens is 258 g/mol. The summed E-state index contributed by atoms with van der Waals surface area (Å²) in [4.78, 5) is 15.1. The molecule has 0 aromatic heterocycles. The Hall–Kier alpha value is -1.60. The predicted molar refractivity (Wildman–Crippen MR) is 66.0 cm³/mol. The lowest BCUT2D eigenvalue weighted by molar-refractivity contribution is -0.141. The van der Waals surface area contributed by atoms with E-state index >= 15 is 0 Å². The van der Waals surface area contributed by atoms with Crippen molar-refractivity contribution < 1.29 is 23.2 Å². The summed E-state index contributed by atoms with van der Waals surface area (Å²) in [7, 11) is -3.38. The van der Waals surface area contributed by atoms with Crippen molar-refractivity contribution in [2.24, 2.45) is 0 Å². The zero-order valence-electron chi connectivity index (χ0n) is 9.92. The molecule has 0 amide bonds. The highest BCUT2D eigenvalue weighted by Crippen LogP contribution is 2.22. The number of carboxylic acids is 1. The second-order valence-electron chi connectivity index (χ2n) is 3.60. The maximum Gasteiger partial charge on any atom is 0.332 e. The van der Waals surface area contributed by atoms with Gasteiger partial charge in [-0.15, -0.1) is 0 Å². The first-order chi connectivity index (χ1) is 8.47. The van der Waals surface area contributed by atoms with Gasteiger partial charge in [-0.05, 0) is 18.6 Å². The van der Waals surface area contributed by atoms with Gasteiger partial charge in [0, 0.05) is 0 Å². The van der Waals surface area contributed by atoms with Crippen molar-refractivity contribution in [3.63, 3.8) is 0 Å². The Morgan fingerprint density at radius 1 is 1.39 bits per heavy atom. The summed E-state index contributed by atoms with van der Waals surface area (Å²) in [5, 5.41) is 8.42. The minimum atomic E-state index is -3.38. The van der Waals surface area contributed by atoms with E-state index in [1.165, 1.54) is 12.1 Å². The Morgan fingerprint density at radius 3 is 2.67 bits per heavy atom. The second kappa shape index (κ2) is 6.36. The molecule has 0 heterocycles. The SMILES string of the molecule is CCCS(=O)(=O)c1ccccc1NOCC(=O)O. The lowest BCUT2D eigenvalue weighted by Crippen LogP contribution is -2.14. The molecule has 0 saturated heterocycles. The fourth-order valence-corrected chi connectivity index (χ4v) is 2.86. The standard InChI is InChI=1S/C11H15NO5S/c1-2-7-18(15,16)10-6-4-3-5-9(10)12-17-8-11(13)14/h3-6,12H,2,7-8H2,1H3,(H,13,14). The number of anilines is 1. The van der Waals surface area contributed by atoms with E-state index in [0.29, 0.717) is 6.42 Å². The van der Waals surface area contributed by atoms with Gasteiger partial charge >= 0.3 is 5.97 Å². The number of para-hydroxylation sites is 1. The van der Waals surface area contributed by atoms with Gasteiger partial charge in [0.25, 0.3) is 0 Å². The number of benzene rings is 1. The van der Waals surface area contributed by atoms with E-state index in [1.54, 1.807) is 19.1 Å². The van der Waals surface area contributed by atoms with Crippen LogP contribution in [0.4, 0.5) is 5.69 Å². The Labute approximate surface area is 105 Å². The van der Waals surface area contributed by atoms with E-state index in [9.17, 15) is 13.2 Å². The number of hydrogen-bond acceptors (Lipinski definition) is 5. The van der Waals surface area contributed by atoms with Crippen molar-refractivity contribution in [3.05, 3.63) is 24.3 Å². The van der Waals surface area contributed by atoms with Crippen LogP contribution in [0.2, 0.25) is 0 Å². The third kappa shape index (κ3) is 4.01. The minimum absolute atomic E-state index is 0.0324. The van der Waals surface area contributed by atoms with Gasteiger partial charge < -0.3 is 5.11 Å². The number of rotatable bonds is 7. The van der Waals surface area contributed by atoms with Crippen molar-refractivity contribution >= 4 is 21.5 Å². The smallest absolute Gasteiger partial charge is 0.332 e. The fraction of sp³-hybridized carbons (Fsp3) is 0.364. The third-order valence-electron chi connectivity index (χ3n) is 2.07. The summed E-state index contributed by atoms with van der Waals surface area (Å²) in [5.41, 5.74) is 2.59. The van der Waals surface area contributed by atoms with Gasteiger partial charge in [-0.1, -0.05) is 19.1 Å². The molecule has 0 saturated carbocycles. The molecule has 0 spiro atoms. The largest absolute Gasteiger partial charge is 0.479 e. The molecule has 18 heavy (non-hydrogen) atoms. The van der Waals surface area contributed by atoms with Gasteiger partial charge in [0.1, 0.15) is 0 Å². The van der Waals surface area contributed by atoms with Crippen molar-refractivity contribution in [3.8, 4) is 0 Å². The zero-order valence-corrected chi connectivity index (χ0v) is 10.7.